The molecule has 3 aliphatic rings. The van der Waals surface area contributed by atoms with Crippen LogP contribution in [0.2, 0.25) is 5.02 Å². The third-order valence-corrected chi connectivity index (χ3v) is 9.38. The number of methoxy groups -OCH3 is 1. The third kappa shape index (κ3) is 6.12. The van der Waals surface area contributed by atoms with Crippen LogP contribution in [0.3, 0.4) is 0 Å². The number of halogens is 1. The van der Waals surface area contributed by atoms with Crippen molar-refractivity contribution in [3.8, 4) is 0 Å². The molecule has 2 saturated heterocycles. The highest BCUT2D eigenvalue weighted by atomic mass is 35.5. The molecule has 2 N–H and O–H groups in total. The van der Waals surface area contributed by atoms with Gasteiger partial charge < -0.3 is 19.6 Å². The maximum absolute atomic E-state index is 14.2. The van der Waals surface area contributed by atoms with E-state index >= 15 is 0 Å². The van der Waals surface area contributed by atoms with E-state index < -0.39 is 27.9 Å². The largest absolute Gasteiger partial charge is 0.387 e. The molecule has 0 unspecified atom stereocenters. The summed E-state index contributed by atoms with van der Waals surface area (Å²) >= 11 is 6.16. The Kier molecular flexibility index (Phi) is 8.65. The summed E-state index contributed by atoms with van der Waals surface area (Å²) in [5.74, 6) is -0.0529. The monoisotopic (exact) mass is 593 g/mol. The van der Waals surface area contributed by atoms with E-state index in [2.05, 4.69) is 21.8 Å². The number of ether oxygens (including phenoxy) is 1. The van der Waals surface area contributed by atoms with Gasteiger partial charge in [0, 0.05) is 63.0 Å². The minimum atomic E-state index is -4.17. The minimum Gasteiger partial charge on any atom is -0.387 e. The highest BCUT2D eigenvalue weighted by Gasteiger charge is 2.43. The number of aliphatic hydroxyl groups excluding tert-OH is 1. The number of aromatic nitrogens is 2. The highest BCUT2D eigenvalue weighted by Crippen LogP contribution is 2.43. The van der Waals surface area contributed by atoms with E-state index in [9.17, 15) is 22.9 Å². The standard InChI is InChI=1S/C27H36ClN5O6S/c1-17-13-22(34)25-23(17)26(30-16-29-25)31-7-9-32(10-8-31)27(35)24(18-3-5-19(28)6-4-18)21-14-20(39-2)15-33(21)11-12-40(36,37)38/h3-6,16-17,20-22,24,34H,7-15H2,1-2H3,(H,36,37,38)/t17-,20-,21+,22-,24+/m1/s1. The number of amides is 1. The molecule has 0 saturated carbocycles. The number of carbonyl (C=O) groups is 1. The molecule has 0 radical (unpaired) electrons. The van der Waals surface area contributed by atoms with E-state index in [0.717, 1.165) is 16.9 Å². The summed E-state index contributed by atoms with van der Waals surface area (Å²) in [4.78, 5) is 29.0. The van der Waals surface area contributed by atoms with E-state index in [0.29, 0.717) is 56.3 Å². The van der Waals surface area contributed by atoms with Crippen LogP contribution in [0, 0.1) is 0 Å². The number of benzene rings is 1. The number of aliphatic hydroxyl groups is 1. The Bertz CT molecular complexity index is 1320. The summed E-state index contributed by atoms with van der Waals surface area (Å²) in [6.07, 6.45) is 1.93. The second-order valence-corrected chi connectivity index (χ2v) is 12.9. The van der Waals surface area contributed by atoms with Crippen LogP contribution < -0.4 is 4.90 Å². The van der Waals surface area contributed by atoms with E-state index in [1.54, 1.807) is 19.2 Å². The van der Waals surface area contributed by atoms with E-state index in [4.69, 9.17) is 16.3 Å². The molecule has 1 aromatic carbocycles. The summed E-state index contributed by atoms with van der Waals surface area (Å²) in [6.45, 7) is 4.78. The predicted octanol–water partition coefficient (Wildman–Crippen LogP) is 2.08. The first-order chi connectivity index (χ1) is 19.1. The minimum absolute atomic E-state index is 0.0442. The van der Waals surface area contributed by atoms with Gasteiger partial charge >= 0.3 is 0 Å². The highest BCUT2D eigenvalue weighted by molar-refractivity contribution is 7.85. The van der Waals surface area contributed by atoms with Gasteiger partial charge in [-0.25, -0.2) is 9.97 Å². The zero-order valence-corrected chi connectivity index (χ0v) is 24.3. The maximum Gasteiger partial charge on any atom is 0.266 e. The Hall–Kier alpha value is -2.35. The van der Waals surface area contributed by atoms with Gasteiger partial charge in [0.05, 0.1) is 29.6 Å². The molecule has 2 aliphatic heterocycles. The predicted molar refractivity (Wildman–Crippen MR) is 150 cm³/mol. The lowest BCUT2D eigenvalue weighted by molar-refractivity contribution is -0.134. The number of fused-ring (bicyclic) bond motifs is 1. The average molecular weight is 594 g/mol. The molecule has 0 bridgehead atoms. The molecule has 0 spiro atoms. The lowest BCUT2D eigenvalue weighted by Gasteiger charge is -2.40. The lowest BCUT2D eigenvalue weighted by atomic mass is 9.87. The molecule has 1 aliphatic carbocycles. The molecule has 218 valence electrons. The van der Waals surface area contributed by atoms with Crippen molar-refractivity contribution in [2.45, 2.75) is 49.9 Å². The van der Waals surface area contributed by atoms with Crippen LogP contribution in [-0.4, -0.2) is 108 Å². The van der Waals surface area contributed by atoms with Crippen molar-refractivity contribution in [3.05, 3.63) is 52.4 Å². The molecule has 1 aromatic heterocycles. The van der Waals surface area contributed by atoms with E-state index in [1.165, 1.54) is 6.33 Å². The number of anilines is 1. The number of carbonyl (C=O) groups excluding carboxylic acids is 1. The zero-order chi connectivity index (χ0) is 28.6. The molecule has 5 rings (SSSR count). The van der Waals surface area contributed by atoms with Crippen molar-refractivity contribution >= 4 is 33.4 Å². The molecule has 13 heteroatoms. The van der Waals surface area contributed by atoms with Crippen LogP contribution in [0.4, 0.5) is 5.82 Å². The second kappa shape index (κ2) is 11.9. The molecule has 11 nitrogen and oxygen atoms in total. The van der Waals surface area contributed by atoms with Gasteiger partial charge in [0.25, 0.3) is 10.1 Å². The lowest BCUT2D eigenvalue weighted by Crippen LogP contribution is -2.53. The van der Waals surface area contributed by atoms with Gasteiger partial charge in [0.15, 0.2) is 0 Å². The van der Waals surface area contributed by atoms with Crippen LogP contribution in [0.1, 0.15) is 54.5 Å². The van der Waals surface area contributed by atoms with Gasteiger partial charge in [0.1, 0.15) is 12.1 Å². The molecule has 2 fully saturated rings. The van der Waals surface area contributed by atoms with Crippen molar-refractivity contribution in [1.82, 2.24) is 19.8 Å². The topological polar surface area (TPSA) is 136 Å². The van der Waals surface area contributed by atoms with Gasteiger partial charge in [-0.15, -0.1) is 0 Å². The first-order valence-electron chi connectivity index (χ1n) is 13.6. The molecular weight excluding hydrogens is 558 g/mol. The van der Waals surface area contributed by atoms with E-state index in [-0.39, 0.29) is 30.5 Å². The van der Waals surface area contributed by atoms with Crippen LogP contribution in [0.5, 0.6) is 0 Å². The summed E-state index contributed by atoms with van der Waals surface area (Å²) in [6, 6.07) is 6.89. The first-order valence-corrected chi connectivity index (χ1v) is 15.6. The Labute approximate surface area is 239 Å². The average Bonchev–Trinajstić information content (AvgIpc) is 3.48. The third-order valence-electron chi connectivity index (χ3n) is 8.43. The van der Waals surface area contributed by atoms with Crippen molar-refractivity contribution in [1.29, 1.82) is 0 Å². The normalized spacial score (nSPS) is 26.2. The van der Waals surface area contributed by atoms with Gasteiger partial charge in [-0.1, -0.05) is 30.7 Å². The zero-order valence-electron chi connectivity index (χ0n) is 22.7. The van der Waals surface area contributed by atoms with E-state index in [1.807, 2.05) is 21.9 Å². The van der Waals surface area contributed by atoms with Crippen molar-refractivity contribution in [3.63, 3.8) is 0 Å². The number of rotatable bonds is 8. The SMILES string of the molecule is CO[C@@H]1C[C@@H]([C@@H](C(=O)N2CCN(c3ncnc4c3[C@H](C)C[C@H]4O)CC2)c2ccc(Cl)cc2)N(CCS(=O)(=O)O)C1. The van der Waals surface area contributed by atoms with Crippen LogP contribution in [-0.2, 0) is 19.6 Å². The first kappa shape index (κ1) is 29.2. The summed E-state index contributed by atoms with van der Waals surface area (Å²) in [5, 5.41) is 11.0. The van der Waals surface area contributed by atoms with Crippen LogP contribution in [0.25, 0.3) is 0 Å². The summed E-state index contributed by atoms with van der Waals surface area (Å²) in [7, 11) is -2.56. The quantitative estimate of drug-likeness (QED) is 0.438. The van der Waals surface area contributed by atoms with Gasteiger partial charge in [-0.2, -0.15) is 8.42 Å². The Balaban J connectivity index is 1.37. The molecule has 2 aromatic rings. The Morgan fingerprint density at radius 2 is 1.85 bits per heavy atom. The number of hydrogen-bond acceptors (Lipinski definition) is 9. The fourth-order valence-electron chi connectivity index (χ4n) is 6.39. The molecule has 5 atom stereocenters. The van der Waals surface area contributed by atoms with Gasteiger partial charge in [-0.3, -0.25) is 14.2 Å². The number of piperazine rings is 1. The number of hydrogen-bond donors (Lipinski definition) is 2. The fraction of sp³-hybridized carbons (Fsp3) is 0.593. The molecule has 1 amide bonds. The summed E-state index contributed by atoms with van der Waals surface area (Å²) < 4.78 is 38.1. The number of likely N-dealkylation sites (tertiary alicyclic amines) is 1. The maximum atomic E-state index is 14.2. The summed E-state index contributed by atoms with van der Waals surface area (Å²) in [5.41, 5.74) is 2.48. The van der Waals surface area contributed by atoms with Crippen LogP contribution in [0.15, 0.2) is 30.6 Å². The molecule has 3 heterocycles. The molecule has 40 heavy (non-hydrogen) atoms. The van der Waals surface area contributed by atoms with Gasteiger partial charge in [-0.05, 0) is 36.5 Å². The number of nitrogens with zero attached hydrogens (tertiary/aromatic N) is 5. The van der Waals surface area contributed by atoms with Crippen molar-refractivity contribution < 1.29 is 27.6 Å². The second-order valence-electron chi connectivity index (χ2n) is 10.9. The molecular formula is C27H36ClN5O6S. The Morgan fingerprint density at radius 3 is 2.50 bits per heavy atom. The fourth-order valence-corrected chi connectivity index (χ4v) is 6.98. The Morgan fingerprint density at radius 1 is 1.15 bits per heavy atom. The van der Waals surface area contributed by atoms with Crippen molar-refractivity contribution in [2.24, 2.45) is 0 Å². The van der Waals surface area contributed by atoms with Crippen molar-refractivity contribution in [2.75, 3.05) is 57.0 Å². The van der Waals surface area contributed by atoms with Crippen LogP contribution >= 0.6 is 11.6 Å². The smallest absolute Gasteiger partial charge is 0.266 e. The van der Waals surface area contributed by atoms with Gasteiger partial charge in [0.2, 0.25) is 5.91 Å².